The first-order chi connectivity index (χ1) is 7.02. The predicted molar refractivity (Wildman–Crippen MR) is 55.0 cm³/mol. The summed E-state index contributed by atoms with van der Waals surface area (Å²) in [7, 11) is 0. The maximum absolute atomic E-state index is 10.9. The molecule has 0 aromatic carbocycles. The van der Waals surface area contributed by atoms with Crippen molar-refractivity contribution in [3.05, 3.63) is 0 Å². The molecular formula is C11H21O4-. The molecule has 0 aliphatic carbocycles. The molecule has 0 aliphatic heterocycles. The highest BCUT2D eigenvalue weighted by atomic mass is 16.7. The van der Waals surface area contributed by atoms with Crippen molar-refractivity contribution in [1.82, 2.24) is 0 Å². The van der Waals surface area contributed by atoms with Crippen LogP contribution in [-0.4, -0.2) is 25.5 Å². The van der Waals surface area contributed by atoms with Gasteiger partial charge in [-0.05, 0) is 19.8 Å². The fourth-order valence-corrected chi connectivity index (χ4v) is 1.40. The summed E-state index contributed by atoms with van der Waals surface area (Å²) in [5.41, 5.74) is 0. The fraction of sp³-hybridized carbons (Fsp3) is 0.909. The van der Waals surface area contributed by atoms with Crippen molar-refractivity contribution in [2.75, 3.05) is 13.2 Å². The monoisotopic (exact) mass is 217 g/mol. The van der Waals surface area contributed by atoms with Gasteiger partial charge >= 0.3 is 0 Å². The van der Waals surface area contributed by atoms with Gasteiger partial charge < -0.3 is 19.4 Å². The highest BCUT2D eigenvalue weighted by Gasteiger charge is 2.20. The first-order valence-corrected chi connectivity index (χ1v) is 5.46. The summed E-state index contributed by atoms with van der Waals surface area (Å²) in [6.45, 7) is 8.46. The Morgan fingerprint density at radius 3 is 1.93 bits per heavy atom. The Hall–Kier alpha value is -0.610. The van der Waals surface area contributed by atoms with Crippen molar-refractivity contribution in [1.29, 1.82) is 0 Å². The molecule has 4 nitrogen and oxygen atoms in total. The lowest BCUT2D eigenvalue weighted by atomic mass is 9.92. The molecule has 4 heteroatoms. The van der Waals surface area contributed by atoms with Gasteiger partial charge in [0.15, 0.2) is 6.29 Å². The van der Waals surface area contributed by atoms with Gasteiger partial charge in [0, 0.05) is 31.5 Å². The molecule has 0 radical (unpaired) electrons. The molecular weight excluding hydrogens is 196 g/mol. The Kier molecular flexibility index (Phi) is 7.34. The Morgan fingerprint density at radius 2 is 1.67 bits per heavy atom. The van der Waals surface area contributed by atoms with Gasteiger partial charge in [0.25, 0.3) is 0 Å². The van der Waals surface area contributed by atoms with Crippen LogP contribution in [0.5, 0.6) is 0 Å². The van der Waals surface area contributed by atoms with Gasteiger partial charge in [-0.15, -0.1) is 0 Å². The van der Waals surface area contributed by atoms with E-state index in [2.05, 4.69) is 0 Å². The molecule has 0 saturated heterocycles. The zero-order valence-corrected chi connectivity index (χ0v) is 9.99. The highest BCUT2D eigenvalue weighted by Crippen LogP contribution is 2.18. The van der Waals surface area contributed by atoms with Crippen LogP contribution >= 0.6 is 0 Å². The fourth-order valence-electron chi connectivity index (χ4n) is 1.40. The number of carboxylic acids is 1. The second-order valence-corrected chi connectivity index (χ2v) is 3.75. The summed E-state index contributed by atoms with van der Waals surface area (Å²) < 4.78 is 10.6. The molecule has 0 heterocycles. The Bertz CT molecular complexity index is 173. The number of hydrogen-bond donors (Lipinski definition) is 0. The molecule has 0 aromatic heterocycles. The molecule has 0 amide bonds. The third kappa shape index (κ3) is 5.74. The van der Waals surface area contributed by atoms with E-state index >= 15 is 0 Å². The summed E-state index contributed by atoms with van der Waals surface area (Å²) in [4.78, 5) is 10.9. The van der Waals surface area contributed by atoms with Crippen molar-refractivity contribution >= 4 is 5.97 Å². The van der Waals surface area contributed by atoms with E-state index in [1.54, 1.807) is 0 Å². The lowest BCUT2D eigenvalue weighted by molar-refractivity contribution is -0.315. The molecule has 0 saturated carbocycles. The van der Waals surface area contributed by atoms with Crippen molar-refractivity contribution in [3.8, 4) is 0 Å². The van der Waals surface area contributed by atoms with Gasteiger partial charge in [-0.25, -0.2) is 0 Å². The second kappa shape index (κ2) is 7.65. The van der Waals surface area contributed by atoms with Gasteiger partial charge in [0.05, 0.1) is 0 Å². The van der Waals surface area contributed by atoms with Crippen molar-refractivity contribution in [3.63, 3.8) is 0 Å². The summed E-state index contributed by atoms with van der Waals surface area (Å²) in [5.74, 6) is -1.53. The Labute approximate surface area is 91.6 Å². The Balaban J connectivity index is 4.25. The molecule has 0 aromatic rings. The number of carboxylic acid groups (broad SMARTS) is 1. The van der Waals surface area contributed by atoms with E-state index in [0.717, 1.165) is 0 Å². The van der Waals surface area contributed by atoms with Gasteiger partial charge in [-0.3, -0.25) is 0 Å². The predicted octanol–water partition coefficient (Wildman–Crippen LogP) is 0.798. The second-order valence-electron chi connectivity index (χ2n) is 3.75. The van der Waals surface area contributed by atoms with Crippen LogP contribution in [0.2, 0.25) is 0 Å². The standard InChI is InChI=1S/C11H22O4/c1-5-14-10(15-6-2)7-9(8(3)4)11(12)13/h8-10H,5-7H2,1-4H3,(H,12,13)/p-1. The lowest BCUT2D eigenvalue weighted by Gasteiger charge is -2.26. The van der Waals surface area contributed by atoms with Crippen LogP contribution in [0.3, 0.4) is 0 Å². The molecule has 0 rings (SSSR count). The van der Waals surface area contributed by atoms with Gasteiger partial charge in [-0.2, -0.15) is 0 Å². The molecule has 0 spiro atoms. The van der Waals surface area contributed by atoms with Crippen LogP contribution in [0.4, 0.5) is 0 Å². The van der Waals surface area contributed by atoms with E-state index in [-0.39, 0.29) is 5.92 Å². The van der Waals surface area contributed by atoms with Crippen LogP contribution < -0.4 is 5.11 Å². The normalized spacial score (nSPS) is 13.5. The van der Waals surface area contributed by atoms with Crippen LogP contribution in [0.25, 0.3) is 0 Å². The SMILES string of the molecule is CCOC(CC(C(=O)[O-])C(C)C)OCC. The maximum Gasteiger partial charge on any atom is 0.158 e. The van der Waals surface area contributed by atoms with Crippen molar-refractivity contribution in [2.45, 2.75) is 40.4 Å². The quantitative estimate of drug-likeness (QED) is 0.564. The molecule has 0 fully saturated rings. The van der Waals surface area contributed by atoms with Gasteiger partial charge in [0.2, 0.25) is 0 Å². The van der Waals surface area contributed by atoms with E-state index in [4.69, 9.17) is 9.47 Å². The van der Waals surface area contributed by atoms with Crippen LogP contribution in [0.15, 0.2) is 0 Å². The minimum absolute atomic E-state index is 0.0263. The van der Waals surface area contributed by atoms with E-state index in [1.807, 2.05) is 27.7 Å². The minimum atomic E-state index is -1.03. The summed E-state index contributed by atoms with van der Waals surface area (Å²) in [6.07, 6.45) is -0.0906. The molecule has 90 valence electrons. The number of rotatable bonds is 8. The maximum atomic E-state index is 10.9. The average molecular weight is 217 g/mol. The third-order valence-electron chi connectivity index (χ3n) is 2.26. The van der Waals surface area contributed by atoms with Crippen molar-refractivity contribution < 1.29 is 19.4 Å². The van der Waals surface area contributed by atoms with Crippen LogP contribution in [0, 0.1) is 11.8 Å². The number of aliphatic carboxylic acids is 1. The topological polar surface area (TPSA) is 58.6 Å². The summed E-state index contributed by atoms with van der Waals surface area (Å²) in [6, 6.07) is 0. The van der Waals surface area contributed by atoms with Crippen LogP contribution in [-0.2, 0) is 14.3 Å². The number of hydrogen-bond acceptors (Lipinski definition) is 4. The third-order valence-corrected chi connectivity index (χ3v) is 2.26. The molecule has 0 aliphatic rings. The summed E-state index contributed by atoms with van der Waals surface area (Å²) >= 11 is 0. The first kappa shape index (κ1) is 14.4. The molecule has 0 N–H and O–H groups in total. The summed E-state index contributed by atoms with van der Waals surface area (Å²) in [5, 5.41) is 10.9. The highest BCUT2D eigenvalue weighted by molar-refractivity contribution is 5.67. The zero-order valence-electron chi connectivity index (χ0n) is 9.99. The Morgan fingerprint density at radius 1 is 1.20 bits per heavy atom. The molecule has 1 atom stereocenters. The van der Waals surface area contributed by atoms with E-state index < -0.39 is 18.2 Å². The van der Waals surface area contributed by atoms with Crippen LogP contribution in [0.1, 0.15) is 34.1 Å². The molecule has 1 unspecified atom stereocenters. The van der Waals surface area contributed by atoms with E-state index in [1.165, 1.54) is 0 Å². The van der Waals surface area contributed by atoms with Gasteiger partial charge in [0.1, 0.15) is 0 Å². The number of ether oxygens (including phenoxy) is 2. The number of carbonyl (C=O) groups is 1. The average Bonchev–Trinajstić information content (AvgIpc) is 2.13. The molecule has 0 bridgehead atoms. The van der Waals surface area contributed by atoms with Gasteiger partial charge in [-0.1, -0.05) is 13.8 Å². The smallest absolute Gasteiger partial charge is 0.158 e. The van der Waals surface area contributed by atoms with E-state index in [0.29, 0.717) is 19.6 Å². The first-order valence-electron chi connectivity index (χ1n) is 5.46. The largest absolute Gasteiger partial charge is 0.550 e. The zero-order chi connectivity index (χ0) is 11.8. The van der Waals surface area contributed by atoms with E-state index in [9.17, 15) is 9.90 Å². The number of carbonyl (C=O) groups excluding carboxylic acids is 1. The minimum Gasteiger partial charge on any atom is -0.550 e. The molecule has 15 heavy (non-hydrogen) atoms. The van der Waals surface area contributed by atoms with Crippen molar-refractivity contribution in [2.24, 2.45) is 11.8 Å². The lowest BCUT2D eigenvalue weighted by Crippen LogP contribution is -2.37.